The summed E-state index contributed by atoms with van der Waals surface area (Å²) in [4.78, 5) is 1.15. The summed E-state index contributed by atoms with van der Waals surface area (Å²) in [5.74, 6) is 0.319. The van der Waals surface area contributed by atoms with E-state index in [-0.39, 0.29) is 5.82 Å². The van der Waals surface area contributed by atoms with Gasteiger partial charge in [-0.15, -0.1) is 22.9 Å². The van der Waals surface area contributed by atoms with Gasteiger partial charge in [0.25, 0.3) is 0 Å². The zero-order chi connectivity index (χ0) is 12.5. The molecule has 0 saturated heterocycles. The molecule has 0 amide bonds. The van der Waals surface area contributed by atoms with Crippen molar-refractivity contribution in [1.82, 2.24) is 0 Å². The number of halogens is 2. The Morgan fingerprint density at radius 1 is 1.06 bits per heavy atom. The third kappa shape index (κ3) is 2.02. The molecule has 18 heavy (non-hydrogen) atoms. The summed E-state index contributed by atoms with van der Waals surface area (Å²) in [5.41, 5.74) is 2.15. The fourth-order valence-corrected chi connectivity index (χ4v) is 3.24. The maximum absolute atomic E-state index is 13.0. The number of thiophene rings is 1. The summed E-state index contributed by atoms with van der Waals surface area (Å²) in [6.07, 6.45) is 0. The Morgan fingerprint density at radius 3 is 2.56 bits per heavy atom. The molecular weight excluding hydrogens is 267 g/mol. The molecule has 0 aliphatic rings. The predicted octanol–water partition coefficient (Wildman–Crippen LogP) is 5.45. The first kappa shape index (κ1) is 11.7. The van der Waals surface area contributed by atoms with Crippen LogP contribution >= 0.6 is 22.9 Å². The number of alkyl halides is 1. The lowest BCUT2D eigenvalue weighted by molar-refractivity contribution is 0.628. The lowest BCUT2D eigenvalue weighted by Crippen LogP contribution is -1.79. The minimum absolute atomic E-state index is 0.210. The fraction of sp³-hybridized carbons (Fsp3) is 0.0667. The summed E-state index contributed by atoms with van der Waals surface area (Å²) in [7, 11) is 0. The molecule has 3 heteroatoms. The topological polar surface area (TPSA) is 0 Å². The Balaban J connectivity index is 2.22. The monoisotopic (exact) mass is 276 g/mol. The first-order valence-electron chi connectivity index (χ1n) is 5.61. The summed E-state index contributed by atoms with van der Waals surface area (Å²) in [5, 5.41) is 1.18. The van der Waals surface area contributed by atoms with Crippen LogP contribution in [0.4, 0.5) is 4.39 Å². The minimum atomic E-state index is -0.210. The normalized spacial score (nSPS) is 11.0. The average molecular weight is 277 g/mol. The average Bonchev–Trinajstić information content (AvgIpc) is 2.82. The summed E-state index contributed by atoms with van der Waals surface area (Å²) >= 11 is 7.58. The largest absolute Gasteiger partial charge is 0.207 e. The molecule has 90 valence electrons. The van der Waals surface area contributed by atoms with Gasteiger partial charge in [0, 0.05) is 15.0 Å². The summed E-state index contributed by atoms with van der Waals surface area (Å²) in [6, 6.07) is 14.9. The van der Waals surface area contributed by atoms with E-state index in [1.165, 1.54) is 22.2 Å². The molecule has 0 unspecified atom stereocenters. The van der Waals surface area contributed by atoms with Crippen molar-refractivity contribution in [2.24, 2.45) is 0 Å². The van der Waals surface area contributed by atoms with E-state index in [1.54, 1.807) is 11.3 Å². The van der Waals surface area contributed by atoms with E-state index in [9.17, 15) is 4.39 Å². The van der Waals surface area contributed by atoms with Crippen LogP contribution in [0.2, 0.25) is 0 Å². The zero-order valence-corrected chi connectivity index (χ0v) is 11.1. The highest BCUT2D eigenvalue weighted by atomic mass is 35.5. The third-order valence-electron chi connectivity index (χ3n) is 2.90. The van der Waals surface area contributed by atoms with Crippen LogP contribution in [0.1, 0.15) is 4.88 Å². The van der Waals surface area contributed by atoms with E-state index in [0.29, 0.717) is 5.88 Å². The molecule has 0 nitrogen and oxygen atoms in total. The van der Waals surface area contributed by atoms with Crippen molar-refractivity contribution in [3.8, 4) is 11.1 Å². The molecule has 0 aliphatic heterocycles. The van der Waals surface area contributed by atoms with Crippen molar-refractivity contribution in [3.63, 3.8) is 0 Å². The smallest absolute Gasteiger partial charge is 0.123 e. The molecule has 0 N–H and O–H groups in total. The lowest BCUT2D eigenvalue weighted by Gasteiger charge is -2.03. The Bertz CT molecular complexity index is 685. The van der Waals surface area contributed by atoms with Crippen LogP contribution in [0.5, 0.6) is 0 Å². The van der Waals surface area contributed by atoms with E-state index in [4.69, 9.17) is 11.6 Å². The summed E-state index contributed by atoms with van der Waals surface area (Å²) in [6.45, 7) is 0. The molecule has 0 fully saturated rings. The van der Waals surface area contributed by atoms with Gasteiger partial charge in [0.2, 0.25) is 0 Å². The van der Waals surface area contributed by atoms with Crippen LogP contribution in [0, 0.1) is 5.82 Å². The highest BCUT2D eigenvalue weighted by molar-refractivity contribution is 7.19. The molecule has 0 spiro atoms. The second-order valence-electron chi connectivity index (χ2n) is 4.07. The van der Waals surface area contributed by atoms with Crippen LogP contribution in [0.25, 0.3) is 21.2 Å². The Kier molecular flexibility index (Phi) is 3.06. The van der Waals surface area contributed by atoms with Crippen molar-refractivity contribution >= 4 is 33.0 Å². The molecule has 0 radical (unpaired) electrons. The Hall–Kier alpha value is -1.38. The van der Waals surface area contributed by atoms with Gasteiger partial charge in [-0.05, 0) is 35.4 Å². The first-order chi connectivity index (χ1) is 8.78. The van der Waals surface area contributed by atoms with Crippen molar-refractivity contribution in [2.75, 3.05) is 0 Å². The van der Waals surface area contributed by atoms with E-state index in [0.717, 1.165) is 16.0 Å². The van der Waals surface area contributed by atoms with Crippen LogP contribution in [0.3, 0.4) is 0 Å². The van der Waals surface area contributed by atoms with Gasteiger partial charge in [-0.2, -0.15) is 0 Å². The van der Waals surface area contributed by atoms with Crippen molar-refractivity contribution < 1.29 is 4.39 Å². The molecule has 0 aliphatic carbocycles. The van der Waals surface area contributed by atoms with E-state index in [1.807, 2.05) is 18.2 Å². The summed E-state index contributed by atoms with van der Waals surface area (Å²) < 4.78 is 14.2. The number of benzene rings is 2. The second-order valence-corrected chi connectivity index (χ2v) is 5.51. The van der Waals surface area contributed by atoms with Gasteiger partial charge >= 0.3 is 0 Å². The molecule has 3 aromatic rings. The lowest BCUT2D eigenvalue weighted by atomic mass is 10.0. The molecule has 3 rings (SSSR count). The SMILES string of the molecule is Fc1ccc(-c2cccc3sc(CCl)cc23)cc1. The number of hydrogen-bond donors (Lipinski definition) is 0. The van der Waals surface area contributed by atoms with Crippen molar-refractivity contribution in [1.29, 1.82) is 0 Å². The molecule has 1 aromatic heterocycles. The molecule has 0 bridgehead atoms. The number of rotatable bonds is 2. The van der Waals surface area contributed by atoms with Crippen LogP contribution in [-0.2, 0) is 5.88 Å². The van der Waals surface area contributed by atoms with Gasteiger partial charge in [0.15, 0.2) is 0 Å². The molecule has 0 saturated carbocycles. The minimum Gasteiger partial charge on any atom is -0.207 e. The fourth-order valence-electron chi connectivity index (χ4n) is 2.06. The highest BCUT2D eigenvalue weighted by Gasteiger charge is 2.07. The maximum Gasteiger partial charge on any atom is 0.123 e. The standard InChI is InChI=1S/C15H10ClFS/c16-9-12-8-14-13(2-1-3-15(14)18-12)10-4-6-11(17)7-5-10/h1-8H,9H2. The van der Waals surface area contributed by atoms with Crippen LogP contribution in [-0.4, -0.2) is 0 Å². The van der Waals surface area contributed by atoms with Gasteiger partial charge in [0.1, 0.15) is 5.82 Å². The predicted molar refractivity (Wildman–Crippen MR) is 76.8 cm³/mol. The van der Waals surface area contributed by atoms with Crippen molar-refractivity contribution in [2.45, 2.75) is 5.88 Å². The number of hydrogen-bond acceptors (Lipinski definition) is 1. The van der Waals surface area contributed by atoms with Crippen LogP contribution < -0.4 is 0 Å². The molecule has 0 atom stereocenters. The molecular formula is C15H10ClFS. The van der Waals surface area contributed by atoms with Gasteiger partial charge in [-0.3, -0.25) is 0 Å². The Labute approximate surface area is 114 Å². The Morgan fingerprint density at radius 2 is 1.83 bits per heavy atom. The van der Waals surface area contributed by atoms with Crippen LogP contribution in [0.15, 0.2) is 48.5 Å². The molecule has 2 aromatic carbocycles. The van der Waals surface area contributed by atoms with Gasteiger partial charge in [-0.1, -0.05) is 24.3 Å². The highest BCUT2D eigenvalue weighted by Crippen LogP contribution is 2.34. The second kappa shape index (κ2) is 4.71. The van der Waals surface area contributed by atoms with Gasteiger partial charge in [0.05, 0.1) is 5.88 Å². The maximum atomic E-state index is 13.0. The van der Waals surface area contributed by atoms with E-state index < -0.39 is 0 Å². The van der Waals surface area contributed by atoms with E-state index >= 15 is 0 Å². The third-order valence-corrected chi connectivity index (χ3v) is 4.45. The zero-order valence-electron chi connectivity index (χ0n) is 9.49. The van der Waals surface area contributed by atoms with Gasteiger partial charge in [-0.25, -0.2) is 4.39 Å². The molecule has 1 heterocycles. The number of fused-ring (bicyclic) bond motifs is 1. The van der Waals surface area contributed by atoms with Gasteiger partial charge < -0.3 is 0 Å². The van der Waals surface area contributed by atoms with E-state index in [2.05, 4.69) is 18.2 Å². The quantitative estimate of drug-likeness (QED) is 0.546. The van der Waals surface area contributed by atoms with Crippen molar-refractivity contribution in [3.05, 3.63) is 59.2 Å². The first-order valence-corrected chi connectivity index (χ1v) is 6.96.